The van der Waals surface area contributed by atoms with Crippen LogP contribution in [0.25, 0.3) is 0 Å². The zero-order valence-electron chi connectivity index (χ0n) is 9.86. The molecular weight excluding hydrogens is 346 g/mol. The first kappa shape index (κ1) is 14.4. The summed E-state index contributed by atoms with van der Waals surface area (Å²) in [5, 5.41) is 3.38. The average Bonchev–Trinajstić information content (AvgIpc) is 2.37. The monoisotopic (exact) mass is 355 g/mol. The summed E-state index contributed by atoms with van der Waals surface area (Å²) in [6.45, 7) is 0. The highest BCUT2D eigenvalue weighted by Crippen LogP contribution is 2.25. The number of anilines is 1. The molecule has 19 heavy (non-hydrogen) atoms. The van der Waals surface area contributed by atoms with E-state index in [-0.39, 0.29) is 5.91 Å². The minimum absolute atomic E-state index is 0.0784. The molecule has 98 valence electrons. The largest absolute Gasteiger partial charge is 0.326 e. The van der Waals surface area contributed by atoms with E-state index in [0.29, 0.717) is 17.1 Å². The Labute approximate surface area is 130 Å². The third-order valence-corrected chi connectivity index (χ3v) is 4.04. The van der Waals surface area contributed by atoms with Gasteiger partial charge in [0.05, 0.1) is 11.4 Å². The van der Waals surface area contributed by atoms with Crippen LogP contribution in [0.15, 0.2) is 51.8 Å². The molecule has 0 fully saturated rings. The Hall–Kier alpha value is -0.970. The Kier molecular flexibility index (Phi) is 4.91. The van der Waals surface area contributed by atoms with Crippen molar-refractivity contribution in [2.75, 3.05) is 5.32 Å². The summed E-state index contributed by atoms with van der Waals surface area (Å²) >= 11 is 13.5. The SMILES string of the molecule is O=C(Cc1ccc(S)cc1)Nc1ccc(Br)c(Cl)c1. The maximum absolute atomic E-state index is 11.9. The highest BCUT2D eigenvalue weighted by atomic mass is 79.9. The van der Waals surface area contributed by atoms with Crippen LogP contribution in [0.2, 0.25) is 5.02 Å². The number of halogens is 2. The number of carbonyl (C=O) groups is 1. The van der Waals surface area contributed by atoms with Crippen molar-refractivity contribution in [2.24, 2.45) is 0 Å². The van der Waals surface area contributed by atoms with Crippen molar-refractivity contribution in [1.29, 1.82) is 0 Å². The van der Waals surface area contributed by atoms with Crippen molar-refractivity contribution >= 4 is 51.8 Å². The number of benzene rings is 2. The third-order valence-electron chi connectivity index (χ3n) is 2.50. The molecule has 0 bridgehead atoms. The van der Waals surface area contributed by atoms with Gasteiger partial charge in [0.2, 0.25) is 5.91 Å². The topological polar surface area (TPSA) is 29.1 Å². The van der Waals surface area contributed by atoms with Crippen LogP contribution in [0, 0.1) is 0 Å². The quantitative estimate of drug-likeness (QED) is 0.775. The molecule has 2 aromatic carbocycles. The van der Waals surface area contributed by atoms with Crippen molar-refractivity contribution in [1.82, 2.24) is 0 Å². The van der Waals surface area contributed by atoms with E-state index in [4.69, 9.17) is 11.6 Å². The molecule has 0 saturated heterocycles. The Balaban J connectivity index is 2.01. The summed E-state index contributed by atoms with van der Waals surface area (Å²) in [6.07, 6.45) is 0.321. The van der Waals surface area contributed by atoms with Crippen LogP contribution in [-0.4, -0.2) is 5.91 Å². The van der Waals surface area contributed by atoms with E-state index in [1.165, 1.54) is 0 Å². The highest BCUT2D eigenvalue weighted by Gasteiger charge is 2.05. The van der Waals surface area contributed by atoms with Crippen LogP contribution in [0.4, 0.5) is 5.69 Å². The number of carbonyl (C=O) groups excluding carboxylic acids is 1. The van der Waals surface area contributed by atoms with E-state index in [9.17, 15) is 4.79 Å². The van der Waals surface area contributed by atoms with E-state index < -0.39 is 0 Å². The molecule has 0 aromatic heterocycles. The Morgan fingerprint density at radius 2 is 1.89 bits per heavy atom. The molecule has 2 nitrogen and oxygen atoms in total. The van der Waals surface area contributed by atoms with Gasteiger partial charge in [0, 0.05) is 15.1 Å². The number of hydrogen-bond donors (Lipinski definition) is 2. The Bertz CT molecular complexity index is 601. The maximum Gasteiger partial charge on any atom is 0.228 e. The fraction of sp³-hybridized carbons (Fsp3) is 0.0714. The number of nitrogens with one attached hydrogen (secondary N) is 1. The molecule has 0 aliphatic heterocycles. The lowest BCUT2D eigenvalue weighted by Gasteiger charge is -2.06. The molecule has 1 amide bonds. The molecule has 0 saturated carbocycles. The van der Waals surface area contributed by atoms with Crippen LogP contribution in [0.1, 0.15) is 5.56 Å². The Morgan fingerprint density at radius 1 is 1.21 bits per heavy atom. The fourth-order valence-electron chi connectivity index (χ4n) is 1.58. The predicted octanol–water partition coefficient (Wildman–Crippen LogP) is 4.57. The van der Waals surface area contributed by atoms with Gasteiger partial charge < -0.3 is 5.32 Å². The van der Waals surface area contributed by atoms with Gasteiger partial charge in [-0.3, -0.25) is 4.79 Å². The second-order valence-corrected chi connectivity index (χ2v) is 5.80. The first-order valence-electron chi connectivity index (χ1n) is 5.57. The van der Waals surface area contributed by atoms with E-state index in [0.717, 1.165) is 14.9 Å². The van der Waals surface area contributed by atoms with Gasteiger partial charge >= 0.3 is 0 Å². The van der Waals surface area contributed by atoms with Crippen LogP contribution >= 0.6 is 40.2 Å². The van der Waals surface area contributed by atoms with Gasteiger partial charge in [-0.05, 0) is 51.8 Å². The Morgan fingerprint density at radius 3 is 2.53 bits per heavy atom. The lowest BCUT2D eigenvalue weighted by molar-refractivity contribution is -0.115. The molecule has 0 radical (unpaired) electrons. The van der Waals surface area contributed by atoms with Crippen molar-refractivity contribution in [3.63, 3.8) is 0 Å². The first-order valence-corrected chi connectivity index (χ1v) is 7.19. The molecule has 0 atom stereocenters. The molecule has 1 N–H and O–H groups in total. The minimum atomic E-state index is -0.0784. The molecule has 2 aromatic rings. The fourth-order valence-corrected chi connectivity index (χ4v) is 2.15. The van der Waals surface area contributed by atoms with Gasteiger partial charge in [0.25, 0.3) is 0 Å². The summed E-state index contributed by atoms with van der Waals surface area (Å²) in [7, 11) is 0. The average molecular weight is 357 g/mol. The lowest BCUT2D eigenvalue weighted by Crippen LogP contribution is -2.14. The second-order valence-electron chi connectivity index (χ2n) is 4.02. The number of rotatable bonds is 3. The molecule has 0 spiro atoms. The van der Waals surface area contributed by atoms with Gasteiger partial charge in [-0.15, -0.1) is 12.6 Å². The molecule has 0 aliphatic carbocycles. The standard InChI is InChI=1S/C14H11BrClNOS/c15-12-6-3-10(8-13(12)16)17-14(18)7-9-1-4-11(19)5-2-9/h1-6,8,19H,7H2,(H,17,18). The highest BCUT2D eigenvalue weighted by molar-refractivity contribution is 9.10. The molecular formula is C14H11BrClNOS. The smallest absolute Gasteiger partial charge is 0.228 e. The van der Waals surface area contributed by atoms with E-state index in [1.807, 2.05) is 24.3 Å². The lowest BCUT2D eigenvalue weighted by atomic mass is 10.1. The molecule has 0 aliphatic rings. The summed E-state index contributed by atoms with van der Waals surface area (Å²) in [5.74, 6) is -0.0784. The van der Waals surface area contributed by atoms with E-state index in [1.54, 1.807) is 18.2 Å². The number of amides is 1. The zero-order chi connectivity index (χ0) is 13.8. The maximum atomic E-state index is 11.9. The summed E-state index contributed by atoms with van der Waals surface area (Å²) in [5.41, 5.74) is 1.63. The minimum Gasteiger partial charge on any atom is -0.326 e. The first-order chi connectivity index (χ1) is 9.04. The zero-order valence-corrected chi connectivity index (χ0v) is 13.1. The van der Waals surface area contributed by atoms with Gasteiger partial charge in [0.1, 0.15) is 0 Å². The van der Waals surface area contributed by atoms with Gasteiger partial charge in [-0.25, -0.2) is 0 Å². The van der Waals surface area contributed by atoms with Crippen LogP contribution < -0.4 is 5.32 Å². The molecule has 5 heteroatoms. The van der Waals surface area contributed by atoms with Crippen molar-refractivity contribution < 1.29 is 4.79 Å². The summed E-state index contributed by atoms with van der Waals surface area (Å²) < 4.78 is 0.802. The molecule has 2 rings (SSSR count). The van der Waals surface area contributed by atoms with Crippen molar-refractivity contribution in [3.05, 3.63) is 57.5 Å². The van der Waals surface area contributed by atoms with Gasteiger partial charge in [-0.2, -0.15) is 0 Å². The van der Waals surface area contributed by atoms with Crippen molar-refractivity contribution in [3.8, 4) is 0 Å². The van der Waals surface area contributed by atoms with Gasteiger partial charge in [-0.1, -0.05) is 23.7 Å². The van der Waals surface area contributed by atoms with Crippen molar-refractivity contribution in [2.45, 2.75) is 11.3 Å². The van der Waals surface area contributed by atoms with E-state index in [2.05, 4.69) is 33.9 Å². The van der Waals surface area contributed by atoms with E-state index >= 15 is 0 Å². The van der Waals surface area contributed by atoms with Gasteiger partial charge in [0.15, 0.2) is 0 Å². The third kappa shape index (κ3) is 4.27. The molecule has 0 heterocycles. The second kappa shape index (κ2) is 6.46. The van der Waals surface area contributed by atoms with Crippen LogP contribution in [-0.2, 0) is 11.2 Å². The normalized spacial score (nSPS) is 10.3. The number of hydrogen-bond acceptors (Lipinski definition) is 2. The molecule has 0 unspecified atom stereocenters. The number of thiol groups is 1. The predicted molar refractivity (Wildman–Crippen MR) is 85.2 cm³/mol. The van der Waals surface area contributed by atoms with Crippen LogP contribution in [0.3, 0.4) is 0 Å². The summed E-state index contributed by atoms with van der Waals surface area (Å²) in [4.78, 5) is 12.8. The van der Waals surface area contributed by atoms with Crippen LogP contribution in [0.5, 0.6) is 0 Å². The summed E-state index contributed by atoms with van der Waals surface area (Å²) in [6, 6.07) is 12.8.